The minimum absolute atomic E-state index is 0.0113. The van der Waals surface area contributed by atoms with Crippen molar-refractivity contribution in [1.82, 2.24) is 24.1 Å². The number of benzene rings is 2. The van der Waals surface area contributed by atoms with Gasteiger partial charge in [0.05, 0.1) is 28.8 Å². The van der Waals surface area contributed by atoms with Crippen molar-refractivity contribution in [2.75, 3.05) is 32.8 Å². The number of aryl methyl sites for hydroxylation is 1. The molecule has 2 saturated heterocycles. The van der Waals surface area contributed by atoms with E-state index in [4.69, 9.17) is 14.5 Å². The zero-order valence-electron chi connectivity index (χ0n) is 23.3. The first kappa shape index (κ1) is 28.3. The second-order valence-corrected chi connectivity index (χ2v) is 12.6. The van der Waals surface area contributed by atoms with E-state index in [1.807, 2.05) is 24.3 Å². The molecule has 1 N–H and O–H groups in total. The summed E-state index contributed by atoms with van der Waals surface area (Å²) in [6.07, 6.45) is 2.68. The molecule has 0 bridgehead atoms. The lowest BCUT2D eigenvalue weighted by molar-refractivity contribution is -0.143. The molecule has 42 heavy (non-hydrogen) atoms. The van der Waals surface area contributed by atoms with Crippen molar-refractivity contribution in [2.45, 2.75) is 48.8 Å². The van der Waals surface area contributed by atoms with Gasteiger partial charge in [-0.2, -0.15) is 0 Å². The van der Waals surface area contributed by atoms with Crippen LogP contribution in [0.25, 0.3) is 11.0 Å². The summed E-state index contributed by atoms with van der Waals surface area (Å²) in [6.45, 7) is 0.662. The molecule has 2 aromatic carbocycles. The van der Waals surface area contributed by atoms with Gasteiger partial charge in [-0.1, -0.05) is 24.3 Å². The molecule has 2 fully saturated rings. The molecule has 3 aliphatic rings. The summed E-state index contributed by atoms with van der Waals surface area (Å²) in [5.74, 6) is -1.65. The van der Waals surface area contributed by atoms with Crippen molar-refractivity contribution >= 4 is 38.8 Å². The molecule has 0 aliphatic carbocycles. The number of ether oxygens (including phenoxy) is 2. The summed E-state index contributed by atoms with van der Waals surface area (Å²) >= 11 is 0. The molecular formula is C29H33N5O7S. The molecular weight excluding hydrogens is 562 g/mol. The largest absolute Gasteiger partial charge is 0.376 e. The number of nitrogens with zero attached hydrogens (tertiary/aromatic N) is 4. The molecule has 3 aromatic rings. The minimum atomic E-state index is -4.24. The van der Waals surface area contributed by atoms with Crippen molar-refractivity contribution in [3.8, 4) is 0 Å². The summed E-state index contributed by atoms with van der Waals surface area (Å²) in [4.78, 5) is 47.2. The Morgan fingerprint density at radius 1 is 1.05 bits per heavy atom. The van der Waals surface area contributed by atoms with Crippen molar-refractivity contribution < 1.29 is 32.3 Å². The molecule has 222 valence electrons. The normalized spacial score (nSPS) is 21.9. The van der Waals surface area contributed by atoms with Crippen LogP contribution in [0.4, 0.5) is 0 Å². The number of carbonyl (C=O) groups excluding carboxylic acids is 3. The van der Waals surface area contributed by atoms with Gasteiger partial charge in [0.15, 0.2) is 6.04 Å². The third kappa shape index (κ3) is 5.16. The average Bonchev–Trinajstić information content (AvgIpc) is 3.79. The van der Waals surface area contributed by atoms with Gasteiger partial charge in [0, 0.05) is 33.4 Å². The number of rotatable bonds is 9. The molecule has 3 aliphatic heterocycles. The Morgan fingerprint density at radius 2 is 1.74 bits per heavy atom. The number of hydrogen-bond acceptors (Lipinski definition) is 8. The van der Waals surface area contributed by atoms with Gasteiger partial charge in [0.1, 0.15) is 17.3 Å². The molecule has 6 rings (SSSR count). The Hall–Kier alpha value is -3.81. The van der Waals surface area contributed by atoms with Crippen molar-refractivity contribution in [2.24, 2.45) is 7.05 Å². The van der Waals surface area contributed by atoms with Crippen LogP contribution in [0.3, 0.4) is 0 Å². The highest BCUT2D eigenvalue weighted by Crippen LogP contribution is 2.32. The van der Waals surface area contributed by atoms with E-state index in [0.29, 0.717) is 35.3 Å². The van der Waals surface area contributed by atoms with E-state index >= 15 is 0 Å². The highest BCUT2D eigenvalue weighted by molar-refractivity contribution is 7.90. The fraction of sp³-hybridized carbons (Fsp3) is 0.448. The molecule has 3 atom stereocenters. The van der Waals surface area contributed by atoms with E-state index < -0.39 is 40.3 Å². The lowest BCUT2D eigenvalue weighted by Crippen LogP contribution is -2.51. The predicted octanol–water partition coefficient (Wildman–Crippen LogP) is 1.76. The second kappa shape index (κ2) is 11.5. The van der Waals surface area contributed by atoms with Gasteiger partial charge < -0.3 is 24.3 Å². The lowest BCUT2D eigenvalue weighted by atomic mass is 10.1. The van der Waals surface area contributed by atoms with Crippen molar-refractivity contribution in [1.29, 1.82) is 0 Å². The third-order valence-electron chi connectivity index (χ3n) is 8.09. The highest BCUT2D eigenvalue weighted by Gasteiger charge is 2.45. The Balaban J connectivity index is 1.37. The van der Waals surface area contributed by atoms with Gasteiger partial charge in [-0.25, -0.2) is 17.7 Å². The van der Waals surface area contributed by atoms with Crippen molar-refractivity contribution in [3.63, 3.8) is 0 Å². The number of carbonyl (C=O) groups is 3. The maximum atomic E-state index is 14.1. The summed E-state index contributed by atoms with van der Waals surface area (Å²) in [5, 5.41) is 2.94. The lowest BCUT2D eigenvalue weighted by Gasteiger charge is -2.33. The van der Waals surface area contributed by atoms with E-state index in [1.165, 1.54) is 23.1 Å². The minimum Gasteiger partial charge on any atom is -0.376 e. The highest BCUT2D eigenvalue weighted by atomic mass is 32.2. The van der Waals surface area contributed by atoms with Crippen LogP contribution >= 0.6 is 0 Å². The van der Waals surface area contributed by atoms with Gasteiger partial charge in [0.25, 0.3) is 21.8 Å². The zero-order valence-corrected chi connectivity index (χ0v) is 24.1. The first-order valence-electron chi connectivity index (χ1n) is 14.1. The topological polar surface area (TPSA) is 140 Å². The van der Waals surface area contributed by atoms with Crippen LogP contribution in [0.15, 0.2) is 53.4 Å². The zero-order chi connectivity index (χ0) is 29.4. The molecule has 1 aromatic heterocycles. The molecule has 13 heteroatoms. The van der Waals surface area contributed by atoms with E-state index in [9.17, 15) is 22.8 Å². The van der Waals surface area contributed by atoms with Gasteiger partial charge in [-0.15, -0.1) is 0 Å². The number of nitrogens with one attached hydrogen (secondary N) is 1. The smallest absolute Gasteiger partial charge is 0.269 e. The van der Waals surface area contributed by atoms with Crippen LogP contribution in [-0.2, 0) is 36.1 Å². The van der Waals surface area contributed by atoms with Crippen molar-refractivity contribution in [3.05, 3.63) is 59.9 Å². The van der Waals surface area contributed by atoms with Crippen LogP contribution in [0.1, 0.15) is 47.9 Å². The maximum Gasteiger partial charge on any atom is 0.269 e. The van der Waals surface area contributed by atoms with E-state index in [1.54, 1.807) is 17.7 Å². The summed E-state index contributed by atoms with van der Waals surface area (Å²) < 4.78 is 40.4. The number of aromatic nitrogens is 2. The van der Waals surface area contributed by atoms with E-state index in [2.05, 4.69) is 5.32 Å². The van der Waals surface area contributed by atoms with Crippen LogP contribution in [0, 0.1) is 0 Å². The van der Waals surface area contributed by atoms with E-state index in [-0.39, 0.29) is 35.8 Å². The fourth-order valence-corrected chi connectivity index (χ4v) is 7.40. The first-order valence-corrected chi connectivity index (χ1v) is 15.6. The molecule has 4 heterocycles. The Bertz CT molecular complexity index is 1630. The van der Waals surface area contributed by atoms with Gasteiger partial charge in [0.2, 0.25) is 5.91 Å². The summed E-state index contributed by atoms with van der Waals surface area (Å²) in [5.41, 5.74) is 1.42. The second-order valence-electron chi connectivity index (χ2n) is 10.8. The maximum absolute atomic E-state index is 14.1. The Kier molecular flexibility index (Phi) is 7.73. The first-order chi connectivity index (χ1) is 20.3. The Morgan fingerprint density at radius 3 is 2.43 bits per heavy atom. The van der Waals surface area contributed by atoms with Gasteiger partial charge in [-0.05, 0) is 49.9 Å². The Labute approximate surface area is 243 Å². The van der Waals surface area contributed by atoms with Crippen LogP contribution in [0.5, 0.6) is 0 Å². The monoisotopic (exact) mass is 595 g/mol. The molecule has 3 unspecified atom stereocenters. The van der Waals surface area contributed by atoms with Crippen LogP contribution in [-0.4, -0.2) is 90.0 Å². The number of sulfonamides is 1. The molecule has 12 nitrogen and oxygen atoms in total. The SMILES string of the molecule is Cn1c(C(C(=O)NCC2CCCO2)N(CC2CCCO2)C(=O)CN2C(=O)c3ccccc3S2(=O)=O)nc2ccccc21. The molecule has 0 radical (unpaired) electrons. The number of amides is 3. The van der Waals surface area contributed by atoms with E-state index in [0.717, 1.165) is 24.8 Å². The van der Waals surface area contributed by atoms with Crippen LogP contribution in [0.2, 0.25) is 0 Å². The predicted molar refractivity (Wildman–Crippen MR) is 151 cm³/mol. The quantitative estimate of drug-likeness (QED) is 0.395. The molecule has 0 spiro atoms. The fourth-order valence-electron chi connectivity index (χ4n) is 5.88. The summed E-state index contributed by atoms with van der Waals surface area (Å²) in [6, 6.07) is 12.0. The average molecular weight is 596 g/mol. The standard InChI is InChI=1S/C29H33N5O7S/c1-32-23-12-4-3-11-22(23)31-27(32)26(28(36)30-16-19-8-6-14-40-19)33(17-20-9-7-15-41-20)25(35)18-34-29(37)21-10-2-5-13-24(21)42(34,38)39/h2-5,10-13,19-20,26H,6-9,14-18H2,1H3,(H,30,36). The number of imidazole rings is 1. The van der Waals surface area contributed by atoms with Crippen LogP contribution < -0.4 is 5.32 Å². The molecule has 3 amide bonds. The van der Waals surface area contributed by atoms with Gasteiger partial charge >= 0.3 is 0 Å². The third-order valence-corrected chi connectivity index (χ3v) is 9.88. The summed E-state index contributed by atoms with van der Waals surface area (Å²) in [7, 11) is -2.48. The van der Waals surface area contributed by atoms with Gasteiger partial charge in [-0.3, -0.25) is 14.4 Å². The molecule has 0 saturated carbocycles. The number of hydrogen-bond donors (Lipinski definition) is 1. The number of fused-ring (bicyclic) bond motifs is 2. The number of para-hydroxylation sites is 2.